The standard InChI is InChI=1S/C14H9ClN2O3/c15-14-7-13(6-3-11(14)8-16)20-9-10-1-4-12(5-2-10)17(18)19/h1-7H,9H2. The first-order valence-corrected chi connectivity index (χ1v) is 6.04. The van der Waals surface area contributed by atoms with E-state index in [-0.39, 0.29) is 12.3 Å². The molecule has 0 bridgehead atoms. The lowest BCUT2D eigenvalue weighted by atomic mass is 10.2. The summed E-state index contributed by atoms with van der Waals surface area (Å²) < 4.78 is 5.51. The smallest absolute Gasteiger partial charge is 0.269 e. The molecular formula is C14H9ClN2O3. The van der Waals surface area contributed by atoms with Crippen LogP contribution >= 0.6 is 11.6 Å². The summed E-state index contributed by atoms with van der Waals surface area (Å²) in [5.74, 6) is 0.535. The molecule has 20 heavy (non-hydrogen) atoms. The van der Waals surface area contributed by atoms with Gasteiger partial charge in [0.05, 0.1) is 15.5 Å². The van der Waals surface area contributed by atoms with Crippen LogP contribution in [0.1, 0.15) is 11.1 Å². The van der Waals surface area contributed by atoms with E-state index in [0.29, 0.717) is 16.3 Å². The second kappa shape index (κ2) is 6.04. The highest BCUT2D eigenvalue weighted by molar-refractivity contribution is 6.31. The molecule has 0 aliphatic heterocycles. The fourth-order valence-electron chi connectivity index (χ4n) is 1.56. The van der Waals surface area contributed by atoms with Crippen molar-refractivity contribution in [1.82, 2.24) is 0 Å². The maximum Gasteiger partial charge on any atom is 0.269 e. The van der Waals surface area contributed by atoms with Crippen LogP contribution in [0, 0.1) is 21.4 Å². The van der Waals surface area contributed by atoms with Crippen molar-refractivity contribution in [3.63, 3.8) is 0 Å². The quantitative estimate of drug-likeness (QED) is 0.635. The summed E-state index contributed by atoms with van der Waals surface area (Å²) >= 11 is 5.89. The second-order valence-electron chi connectivity index (χ2n) is 3.97. The molecule has 0 unspecified atom stereocenters. The number of benzene rings is 2. The fraction of sp³-hybridized carbons (Fsp3) is 0.0714. The number of nitrogens with zero attached hydrogens (tertiary/aromatic N) is 2. The molecule has 0 aromatic heterocycles. The minimum absolute atomic E-state index is 0.0372. The third-order valence-electron chi connectivity index (χ3n) is 2.61. The minimum atomic E-state index is -0.453. The van der Waals surface area contributed by atoms with Gasteiger partial charge in [-0.25, -0.2) is 0 Å². The van der Waals surface area contributed by atoms with Gasteiger partial charge in [-0.05, 0) is 29.8 Å². The largest absolute Gasteiger partial charge is 0.489 e. The summed E-state index contributed by atoms with van der Waals surface area (Å²) in [4.78, 5) is 10.1. The Morgan fingerprint density at radius 1 is 1.25 bits per heavy atom. The van der Waals surface area contributed by atoms with E-state index in [1.807, 2.05) is 6.07 Å². The van der Waals surface area contributed by atoms with Crippen molar-refractivity contribution >= 4 is 17.3 Å². The van der Waals surface area contributed by atoms with Crippen LogP contribution in [0.15, 0.2) is 42.5 Å². The van der Waals surface area contributed by atoms with Crippen LogP contribution in [0.4, 0.5) is 5.69 Å². The van der Waals surface area contributed by atoms with Crippen molar-refractivity contribution in [2.75, 3.05) is 0 Å². The number of nitriles is 1. The molecule has 6 heteroatoms. The van der Waals surface area contributed by atoms with Gasteiger partial charge in [0.1, 0.15) is 18.4 Å². The highest BCUT2D eigenvalue weighted by Crippen LogP contribution is 2.23. The fourth-order valence-corrected chi connectivity index (χ4v) is 1.77. The molecule has 5 nitrogen and oxygen atoms in total. The zero-order valence-corrected chi connectivity index (χ0v) is 11.0. The van der Waals surface area contributed by atoms with Crippen molar-refractivity contribution in [2.24, 2.45) is 0 Å². The van der Waals surface area contributed by atoms with Crippen LogP contribution in [0.5, 0.6) is 5.75 Å². The van der Waals surface area contributed by atoms with Crippen molar-refractivity contribution in [3.8, 4) is 11.8 Å². The Morgan fingerprint density at radius 3 is 2.50 bits per heavy atom. The van der Waals surface area contributed by atoms with Crippen LogP contribution in [0.2, 0.25) is 5.02 Å². The van der Waals surface area contributed by atoms with E-state index >= 15 is 0 Å². The normalized spacial score (nSPS) is 9.80. The summed E-state index contributed by atoms with van der Waals surface area (Å²) in [6.07, 6.45) is 0. The van der Waals surface area contributed by atoms with Crippen molar-refractivity contribution in [2.45, 2.75) is 6.61 Å². The van der Waals surface area contributed by atoms with Gasteiger partial charge in [0.2, 0.25) is 0 Å². The van der Waals surface area contributed by atoms with E-state index < -0.39 is 4.92 Å². The van der Waals surface area contributed by atoms with E-state index in [9.17, 15) is 10.1 Å². The average Bonchev–Trinajstić information content (AvgIpc) is 2.45. The van der Waals surface area contributed by atoms with Crippen LogP contribution in [-0.2, 0) is 6.61 Å². The Kier molecular flexibility index (Phi) is 4.18. The molecule has 0 saturated carbocycles. The number of hydrogen-bond acceptors (Lipinski definition) is 4. The number of non-ortho nitro benzene ring substituents is 1. The summed E-state index contributed by atoms with van der Waals surface area (Å²) in [6, 6.07) is 12.8. The molecule has 0 spiro atoms. The van der Waals surface area contributed by atoms with Crippen LogP contribution in [0.25, 0.3) is 0 Å². The van der Waals surface area contributed by atoms with Gasteiger partial charge in [0.15, 0.2) is 0 Å². The topological polar surface area (TPSA) is 76.2 Å². The number of nitro benzene ring substituents is 1. The molecule has 0 radical (unpaired) electrons. The summed E-state index contributed by atoms with van der Waals surface area (Å²) in [5.41, 5.74) is 1.22. The Morgan fingerprint density at radius 2 is 1.95 bits per heavy atom. The predicted molar refractivity (Wildman–Crippen MR) is 73.6 cm³/mol. The molecule has 0 aliphatic carbocycles. The van der Waals surface area contributed by atoms with Crippen LogP contribution < -0.4 is 4.74 Å². The molecule has 2 aromatic rings. The van der Waals surface area contributed by atoms with E-state index in [0.717, 1.165) is 5.56 Å². The molecule has 0 saturated heterocycles. The monoisotopic (exact) mass is 288 g/mol. The van der Waals surface area contributed by atoms with Gasteiger partial charge in [-0.3, -0.25) is 10.1 Å². The third-order valence-corrected chi connectivity index (χ3v) is 2.93. The lowest BCUT2D eigenvalue weighted by Crippen LogP contribution is -1.96. The summed E-state index contributed by atoms with van der Waals surface area (Å²) in [5, 5.41) is 19.6. The van der Waals surface area contributed by atoms with Crippen LogP contribution in [-0.4, -0.2) is 4.92 Å². The van der Waals surface area contributed by atoms with Crippen molar-refractivity contribution in [1.29, 1.82) is 5.26 Å². The Balaban J connectivity index is 2.03. The Hall–Kier alpha value is -2.58. The second-order valence-corrected chi connectivity index (χ2v) is 4.37. The average molecular weight is 289 g/mol. The van der Waals surface area contributed by atoms with Gasteiger partial charge in [-0.1, -0.05) is 11.6 Å². The molecule has 100 valence electrons. The van der Waals surface area contributed by atoms with Gasteiger partial charge < -0.3 is 4.74 Å². The molecule has 0 N–H and O–H groups in total. The molecule has 0 amide bonds. The first kappa shape index (κ1) is 13.8. The lowest BCUT2D eigenvalue weighted by molar-refractivity contribution is -0.384. The summed E-state index contributed by atoms with van der Waals surface area (Å²) in [6.45, 7) is 0.264. The zero-order valence-electron chi connectivity index (χ0n) is 10.2. The molecule has 0 atom stereocenters. The zero-order chi connectivity index (χ0) is 14.5. The first-order chi connectivity index (χ1) is 9.60. The molecular weight excluding hydrogens is 280 g/mol. The van der Waals surface area contributed by atoms with Crippen molar-refractivity contribution < 1.29 is 9.66 Å². The van der Waals surface area contributed by atoms with Crippen LogP contribution in [0.3, 0.4) is 0 Å². The third kappa shape index (κ3) is 3.25. The van der Waals surface area contributed by atoms with E-state index in [2.05, 4.69) is 0 Å². The van der Waals surface area contributed by atoms with E-state index in [1.54, 1.807) is 30.3 Å². The van der Waals surface area contributed by atoms with Gasteiger partial charge in [0.25, 0.3) is 5.69 Å². The van der Waals surface area contributed by atoms with E-state index in [1.165, 1.54) is 12.1 Å². The number of halogens is 1. The van der Waals surface area contributed by atoms with E-state index in [4.69, 9.17) is 21.6 Å². The van der Waals surface area contributed by atoms with Gasteiger partial charge >= 0.3 is 0 Å². The first-order valence-electron chi connectivity index (χ1n) is 5.66. The predicted octanol–water partition coefficient (Wildman–Crippen LogP) is 3.70. The molecule has 2 aromatic carbocycles. The number of rotatable bonds is 4. The molecule has 2 rings (SSSR count). The maximum atomic E-state index is 10.5. The number of hydrogen-bond donors (Lipinski definition) is 0. The lowest BCUT2D eigenvalue weighted by Gasteiger charge is -2.07. The van der Waals surface area contributed by atoms with Gasteiger partial charge in [-0.2, -0.15) is 5.26 Å². The minimum Gasteiger partial charge on any atom is -0.489 e. The summed E-state index contributed by atoms with van der Waals surface area (Å²) in [7, 11) is 0. The Labute approximate surface area is 120 Å². The van der Waals surface area contributed by atoms with Gasteiger partial charge in [-0.15, -0.1) is 0 Å². The molecule has 0 heterocycles. The molecule has 0 fully saturated rings. The van der Waals surface area contributed by atoms with Gasteiger partial charge in [0, 0.05) is 18.2 Å². The molecule has 0 aliphatic rings. The number of ether oxygens (including phenoxy) is 1. The highest BCUT2D eigenvalue weighted by atomic mass is 35.5. The van der Waals surface area contributed by atoms with Crippen molar-refractivity contribution in [3.05, 3.63) is 68.7 Å². The maximum absolute atomic E-state index is 10.5. The SMILES string of the molecule is N#Cc1ccc(OCc2ccc([N+](=O)[O-])cc2)cc1Cl. The Bertz CT molecular complexity index is 678. The number of nitro groups is 1. The highest BCUT2D eigenvalue weighted by Gasteiger charge is 2.05.